The van der Waals surface area contributed by atoms with E-state index in [-0.39, 0.29) is 24.0 Å². The SMILES string of the molecule is CCC(=CC(=O)N1CCC(N(CC2CC2)C(=O)[C@@H]2CCCO2)CC1)CC. The second-order valence-electron chi connectivity index (χ2n) is 8.00. The Kier molecular flexibility index (Phi) is 6.74. The molecule has 0 radical (unpaired) electrons. The van der Waals surface area contributed by atoms with Crippen molar-refractivity contribution in [3.63, 3.8) is 0 Å². The number of likely N-dealkylation sites (tertiary alicyclic amines) is 1. The van der Waals surface area contributed by atoms with Crippen LogP contribution in [0.1, 0.15) is 65.2 Å². The Morgan fingerprint density at radius 3 is 2.31 bits per heavy atom. The Morgan fingerprint density at radius 1 is 1.08 bits per heavy atom. The van der Waals surface area contributed by atoms with E-state index in [4.69, 9.17) is 4.74 Å². The molecular formula is C21H34N2O3. The summed E-state index contributed by atoms with van der Waals surface area (Å²) < 4.78 is 5.65. The number of allylic oxidation sites excluding steroid dienone is 1. The highest BCUT2D eigenvalue weighted by Gasteiger charge is 2.37. The summed E-state index contributed by atoms with van der Waals surface area (Å²) in [6.07, 6.45) is 9.57. The first-order valence-corrected chi connectivity index (χ1v) is 10.5. The Hall–Kier alpha value is -1.36. The lowest BCUT2D eigenvalue weighted by Gasteiger charge is -2.39. The number of hydrogen-bond donors (Lipinski definition) is 0. The molecule has 2 heterocycles. The maximum atomic E-state index is 13.0. The Bertz CT molecular complexity index is 521. The van der Waals surface area contributed by atoms with E-state index >= 15 is 0 Å². The van der Waals surface area contributed by atoms with Gasteiger partial charge in [-0.2, -0.15) is 0 Å². The molecule has 26 heavy (non-hydrogen) atoms. The molecule has 0 unspecified atom stereocenters. The van der Waals surface area contributed by atoms with Crippen LogP contribution in [0.4, 0.5) is 0 Å². The molecule has 1 atom stereocenters. The van der Waals surface area contributed by atoms with Crippen LogP contribution in [-0.2, 0) is 14.3 Å². The van der Waals surface area contributed by atoms with E-state index in [1.807, 2.05) is 11.0 Å². The van der Waals surface area contributed by atoms with Crippen LogP contribution in [0.2, 0.25) is 0 Å². The number of amides is 2. The number of nitrogens with zero attached hydrogens (tertiary/aromatic N) is 2. The van der Waals surface area contributed by atoms with Gasteiger partial charge in [-0.25, -0.2) is 0 Å². The fraction of sp³-hybridized carbons (Fsp3) is 0.810. The average molecular weight is 363 g/mol. The predicted molar refractivity (Wildman–Crippen MR) is 102 cm³/mol. The van der Waals surface area contributed by atoms with Gasteiger partial charge in [0.1, 0.15) is 6.10 Å². The lowest BCUT2D eigenvalue weighted by molar-refractivity contribution is -0.145. The quantitative estimate of drug-likeness (QED) is 0.654. The van der Waals surface area contributed by atoms with Crippen molar-refractivity contribution in [2.75, 3.05) is 26.2 Å². The van der Waals surface area contributed by atoms with Gasteiger partial charge in [-0.05, 0) is 57.3 Å². The summed E-state index contributed by atoms with van der Waals surface area (Å²) in [6.45, 7) is 7.29. The summed E-state index contributed by atoms with van der Waals surface area (Å²) in [5.74, 6) is 1.01. The molecule has 0 aromatic heterocycles. The van der Waals surface area contributed by atoms with Crippen LogP contribution in [0.5, 0.6) is 0 Å². The Labute approximate surface area is 157 Å². The van der Waals surface area contributed by atoms with Gasteiger partial charge < -0.3 is 14.5 Å². The number of ether oxygens (including phenoxy) is 1. The second-order valence-corrected chi connectivity index (χ2v) is 8.00. The van der Waals surface area contributed by atoms with Crippen LogP contribution in [0, 0.1) is 5.92 Å². The molecule has 3 fully saturated rings. The van der Waals surface area contributed by atoms with Gasteiger partial charge in [0.05, 0.1) is 0 Å². The van der Waals surface area contributed by atoms with Crippen LogP contribution in [0.3, 0.4) is 0 Å². The molecule has 1 saturated carbocycles. The molecule has 5 nitrogen and oxygen atoms in total. The van der Waals surface area contributed by atoms with Crippen molar-refractivity contribution in [3.05, 3.63) is 11.6 Å². The zero-order valence-corrected chi connectivity index (χ0v) is 16.4. The summed E-state index contributed by atoms with van der Waals surface area (Å²) >= 11 is 0. The molecule has 3 aliphatic rings. The van der Waals surface area contributed by atoms with Gasteiger partial charge in [-0.15, -0.1) is 0 Å². The normalized spacial score (nSPS) is 23.8. The van der Waals surface area contributed by atoms with Crippen LogP contribution < -0.4 is 0 Å². The molecule has 5 heteroatoms. The summed E-state index contributed by atoms with van der Waals surface area (Å²) in [7, 11) is 0. The molecular weight excluding hydrogens is 328 g/mol. The van der Waals surface area contributed by atoms with Crippen molar-refractivity contribution < 1.29 is 14.3 Å². The van der Waals surface area contributed by atoms with E-state index < -0.39 is 0 Å². The van der Waals surface area contributed by atoms with Gasteiger partial charge in [0, 0.05) is 38.4 Å². The average Bonchev–Trinajstić information content (AvgIpc) is 3.33. The molecule has 0 bridgehead atoms. The maximum absolute atomic E-state index is 13.0. The van der Waals surface area contributed by atoms with Crippen molar-refractivity contribution in [1.29, 1.82) is 0 Å². The second kappa shape index (κ2) is 9.03. The molecule has 2 amide bonds. The highest BCUT2D eigenvalue weighted by atomic mass is 16.5. The van der Waals surface area contributed by atoms with Crippen LogP contribution in [0.15, 0.2) is 11.6 Å². The largest absolute Gasteiger partial charge is 0.368 e. The lowest BCUT2D eigenvalue weighted by Crippen LogP contribution is -2.51. The monoisotopic (exact) mass is 362 g/mol. The van der Waals surface area contributed by atoms with Crippen molar-refractivity contribution in [2.24, 2.45) is 5.92 Å². The van der Waals surface area contributed by atoms with Gasteiger partial charge in [0.2, 0.25) is 5.91 Å². The first-order valence-electron chi connectivity index (χ1n) is 10.5. The summed E-state index contributed by atoms with van der Waals surface area (Å²) in [5.41, 5.74) is 1.21. The standard InChI is InChI=1S/C21H34N2O3/c1-3-16(4-2)14-20(24)22-11-9-18(10-12-22)23(15-17-7-8-17)21(25)19-6-5-13-26-19/h14,17-19H,3-13,15H2,1-2H3/t19-/m0/s1. The number of carbonyl (C=O) groups excluding carboxylic acids is 2. The van der Waals surface area contributed by atoms with Crippen molar-refractivity contribution >= 4 is 11.8 Å². The number of piperidine rings is 1. The van der Waals surface area contributed by atoms with E-state index in [2.05, 4.69) is 18.7 Å². The maximum Gasteiger partial charge on any atom is 0.251 e. The topological polar surface area (TPSA) is 49.9 Å². The third-order valence-electron chi connectivity index (χ3n) is 6.09. The number of carbonyl (C=O) groups is 2. The van der Waals surface area contributed by atoms with E-state index in [0.717, 1.165) is 58.2 Å². The number of rotatable bonds is 7. The van der Waals surface area contributed by atoms with Gasteiger partial charge in [-0.1, -0.05) is 19.4 Å². The first kappa shape index (κ1) is 19.4. The van der Waals surface area contributed by atoms with E-state index in [0.29, 0.717) is 12.5 Å². The summed E-state index contributed by atoms with van der Waals surface area (Å²) in [6, 6.07) is 0.261. The summed E-state index contributed by atoms with van der Waals surface area (Å²) in [5, 5.41) is 0. The molecule has 0 N–H and O–H groups in total. The fourth-order valence-electron chi connectivity index (χ4n) is 4.07. The third kappa shape index (κ3) is 4.87. The van der Waals surface area contributed by atoms with E-state index in [1.165, 1.54) is 18.4 Å². The van der Waals surface area contributed by atoms with Crippen LogP contribution in [-0.4, -0.2) is 60.0 Å². The van der Waals surface area contributed by atoms with Crippen molar-refractivity contribution in [1.82, 2.24) is 9.80 Å². The predicted octanol–water partition coefficient (Wildman–Crippen LogP) is 3.14. The third-order valence-corrected chi connectivity index (χ3v) is 6.09. The smallest absolute Gasteiger partial charge is 0.251 e. The van der Waals surface area contributed by atoms with Crippen molar-refractivity contribution in [2.45, 2.75) is 77.4 Å². The Morgan fingerprint density at radius 2 is 1.77 bits per heavy atom. The minimum absolute atomic E-state index is 0.140. The summed E-state index contributed by atoms with van der Waals surface area (Å²) in [4.78, 5) is 29.5. The number of hydrogen-bond acceptors (Lipinski definition) is 3. The van der Waals surface area contributed by atoms with Crippen molar-refractivity contribution in [3.8, 4) is 0 Å². The zero-order chi connectivity index (χ0) is 18.5. The highest BCUT2D eigenvalue weighted by molar-refractivity contribution is 5.88. The zero-order valence-electron chi connectivity index (χ0n) is 16.4. The van der Waals surface area contributed by atoms with Gasteiger partial charge >= 0.3 is 0 Å². The Balaban J connectivity index is 1.57. The van der Waals surface area contributed by atoms with Crippen LogP contribution in [0.25, 0.3) is 0 Å². The molecule has 0 spiro atoms. The molecule has 1 aliphatic carbocycles. The highest BCUT2D eigenvalue weighted by Crippen LogP contribution is 2.32. The van der Waals surface area contributed by atoms with E-state index in [1.54, 1.807) is 0 Å². The first-order chi connectivity index (χ1) is 12.6. The van der Waals surface area contributed by atoms with Gasteiger partial charge in [-0.3, -0.25) is 9.59 Å². The van der Waals surface area contributed by atoms with Gasteiger partial charge in [0.15, 0.2) is 0 Å². The van der Waals surface area contributed by atoms with Gasteiger partial charge in [0.25, 0.3) is 5.91 Å². The van der Waals surface area contributed by atoms with Crippen LogP contribution >= 0.6 is 0 Å². The molecule has 2 saturated heterocycles. The van der Waals surface area contributed by atoms with E-state index in [9.17, 15) is 9.59 Å². The molecule has 146 valence electrons. The molecule has 0 aromatic rings. The molecule has 2 aliphatic heterocycles. The lowest BCUT2D eigenvalue weighted by atomic mass is 10.0. The molecule has 0 aromatic carbocycles. The molecule has 3 rings (SSSR count). The fourth-order valence-corrected chi connectivity index (χ4v) is 4.07. The minimum atomic E-state index is -0.229. The minimum Gasteiger partial charge on any atom is -0.368 e.